The third kappa shape index (κ3) is 3.54. The molecule has 2 aliphatic rings. The van der Waals surface area contributed by atoms with Crippen LogP contribution >= 0.6 is 23.1 Å². The monoisotopic (exact) mass is 421 g/mol. The summed E-state index contributed by atoms with van der Waals surface area (Å²) < 4.78 is 0. The number of ketones is 1. The fraction of sp³-hybridized carbons (Fsp3) is 0.353. The number of nitrogens with zero attached hydrogens (tertiary/aromatic N) is 3. The summed E-state index contributed by atoms with van der Waals surface area (Å²) in [7, 11) is 0. The Balaban J connectivity index is 1.80. The highest BCUT2D eigenvalue weighted by Crippen LogP contribution is 2.40. The maximum atomic E-state index is 12.7. The molecule has 2 unspecified atom stereocenters. The number of oxime groups is 1. The molecule has 2 aliphatic heterocycles. The lowest BCUT2D eigenvalue weighted by atomic mass is 10.0. The largest absolute Gasteiger partial charge is 0.395 e. The van der Waals surface area contributed by atoms with Crippen LogP contribution in [0.1, 0.15) is 19.5 Å². The Hall–Kier alpha value is -2.66. The Morgan fingerprint density at radius 3 is 2.89 bits per heavy atom. The highest BCUT2D eigenvalue weighted by atomic mass is 32.2. The lowest BCUT2D eigenvalue weighted by molar-refractivity contribution is -0.146. The number of hydrogen-bond donors (Lipinski definition) is 2. The Bertz CT molecular complexity index is 907. The number of thiazole rings is 1. The molecule has 1 aromatic heterocycles. The molecular formula is C17H19N5O4S2. The van der Waals surface area contributed by atoms with Crippen molar-refractivity contribution < 1.29 is 19.2 Å². The molecule has 2 amide bonds. The van der Waals surface area contributed by atoms with Crippen LogP contribution in [-0.4, -0.2) is 57.0 Å². The normalized spacial score (nSPS) is 21.7. The van der Waals surface area contributed by atoms with E-state index in [4.69, 9.17) is 10.6 Å². The predicted molar refractivity (Wildman–Crippen MR) is 108 cm³/mol. The van der Waals surface area contributed by atoms with Gasteiger partial charge < -0.3 is 15.9 Å². The minimum Gasteiger partial charge on any atom is -0.395 e. The van der Waals surface area contributed by atoms with Crippen molar-refractivity contribution in [2.45, 2.75) is 25.3 Å². The summed E-state index contributed by atoms with van der Waals surface area (Å²) >= 11 is 2.62. The number of carbonyl (C=O) groups excluding carboxylic acids is 3. The molecule has 0 radical (unpaired) electrons. The lowest BCUT2D eigenvalue weighted by Crippen LogP contribution is -2.70. The van der Waals surface area contributed by atoms with Crippen molar-refractivity contribution >= 4 is 51.5 Å². The summed E-state index contributed by atoms with van der Waals surface area (Å²) in [5.41, 5.74) is 6.89. The topological polar surface area (TPSA) is 127 Å². The number of Topliss-reactive ketones (excluding diaryl/α,β-unsaturated/α-hetero) is 1. The molecule has 0 aliphatic carbocycles. The number of anilines is 1. The lowest BCUT2D eigenvalue weighted by Gasteiger charge is -2.49. The molecule has 0 bridgehead atoms. The minimum absolute atomic E-state index is 0.0593. The molecule has 9 nitrogen and oxygen atoms in total. The van der Waals surface area contributed by atoms with Gasteiger partial charge >= 0.3 is 0 Å². The third-order valence-corrected chi connectivity index (χ3v) is 6.10. The number of carbonyl (C=O) groups is 3. The zero-order chi connectivity index (χ0) is 20.4. The summed E-state index contributed by atoms with van der Waals surface area (Å²) in [6.45, 7) is 7.11. The van der Waals surface area contributed by atoms with Gasteiger partial charge in [0.25, 0.3) is 11.8 Å². The molecular weight excluding hydrogens is 402 g/mol. The number of aromatic nitrogens is 1. The van der Waals surface area contributed by atoms with Gasteiger partial charge in [0.05, 0.1) is 5.70 Å². The number of nitrogen functional groups attached to an aromatic ring is 1. The molecule has 0 aromatic carbocycles. The Labute approximate surface area is 169 Å². The van der Waals surface area contributed by atoms with Crippen molar-refractivity contribution in [3.05, 3.63) is 35.0 Å². The molecule has 148 valence electrons. The van der Waals surface area contributed by atoms with Crippen molar-refractivity contribution in [2.24, 2.45) is 5.16 Å². The minimum atomic E-state index is -0.777. The summed E-state index contributed by atoms with van der Waals surface area (Å²) in [5.74, 6) is -0.638. The molecule has 3 rings (SSSR count). The number of nitrogens with two attached hydrogens (primary N) is 1. The SMILES string of the molecule is C=CC1=C(C(C)=O)N2C(=O)C(NC(=O)/C(=N\OCC)c3csc(N)n3)C2SC1. The van der Waals surface area contributed by atoms with Crippen LogP contribution in [0.15, 0.2) is 34.5 Å². The number of amides is 2. The first kappa shape index (κ1) is 20.1. The van der Waals surface area contributed by atoms with E-state index in [9.17, 15) is 14.4 Å². The average molecular weight is 422 g/mol. The van der Waals surface area contributed by atoms with Crippen LogP contribution in [0.4, 0.5) is 5.13 Å². The molecule has 11 heteroatoms. The Morgan fingerprint density at radius 1 is 1.57 bits per heavy atom. The van der Waals surface area contributed by atoms with Crippen molar-refractivity contribution in [2.75, 3.05) is 18.1 Å². The summed E-state index contributed by atoms with van der Waals surface area (Å²) in [6, 6.07) is -0.777. The van der Waals surface area contributed by atoms with Gasteiger partial charge in [-0.1, -0.05) is 17.8 Å². The van der Waals surface area contributed by atoms with Gasteiger partial charge in [-0.3, -0.25) is 19.3 Å². The highest BCUT2D eigenvalue weighted by molar-refractivity contribution is 8.00. The maximum Gasteiger partial charge on any atom is 0.276 e. The van der Waals surface area contributed by atoms with E-state index in [2.05, 4.69) is 22.0 Å². The van der Waals surface area contributed by atoms with E-state index >= 15 is 0 Å². The fourth-order valence-corrected chi connectivity index (χ4v) is 4.78. The Kier molecular flexibility index (Phi) is 5.84. The van der Waals surface area contributed by atoms with E-state index in [1.165, 1.54) is 34.9 Å². The molecule has 0 saturated carbocycles. The first-order chi connectivity index (χ1) is 13.4. The van der Waals surface area contributed by atoms with Gasteiger partial charge in [-0.2, -0.15) is 0 Å². The highest BCUT2D eigenvalue weighted by Gasteiger charge is 2.53. The molecule has 1 saturated heterocycles. The zero-order valence-corrected chi connectivity index (χ0v) is 16.9. The van der Waals surface area contributed by atoms with E-state index in [-0.39, 0.29) is 40.2 Å². The van der Waals surface area contributed by atoms with Crippen LogP contribution in [0.25, 0.3) is 0 Å². The summed E-state index contributed by atoms with van der Waals surface area (Å²) in [6.07, 6.45) is 1.58. The van der Waals surface area contributed by atoms with Crippen LogP contribution in [0.3, 0.4) is 0 Å². The fourth-order valence-electron chi connectivity index (χ4n) is 2.89. The van der Waals surface area contributed by atoms with E-state index in [1.54, 1.807) is 18.4 Å². The van der Waals surface area contributed by atoms with Crippen LogP contribution in [0, 0.1) is 0 Å². The van der Waals surface area contributed by atoms with Crippen molar-refractivity contribution in [1.29, 1.82) is 0 Å². The average Bonchev–Trinajstić information content (AvgIpc) is 3.10. The van der Waals surface area contributed by atoms with Gasteiger partial charge in [-0.15, -0.1) is 23.1 Å². The molecule has 1 fully saturated rings. The van der Waals surface area contributed by atoms with Crippen LogP contribution in [0.2, 0.25) is 0 Å². The van der Waals surface area contributed by atoms with E-state index in [1.807, 2.05) is 0 Å². The summed E-state index contributed by atoms with van der Waals surface area (Å²) in [5, 5.41) is 8.00. The smallest absolute Gasteiger partial charge is 0.276 e. The second-order valence-corrected chi connectivity index (χ2v) is 7.92. The zero-order valence-electron chi connectivity index (χ0n) is 15.3. The maximum absolute atomic E-state index is 12.7. The number of β-lactam (4-membered cyclic amide) rings is 1. The van der Waals surface area contributed by atoms with Crippen molar-refractivity contribution in [3.8, 4) is 0 Å². The number of rotatable bonds is 7. The van der Waals surface area contributed by atoms with Gasteiger partial charge in [0.2, 0.25) is 0 Å². The van der Waals surface area contributed by atoms with E-state index in [0.29, 0.717) is 17.0 Å². The standard InChI is InChI=1S/C17H19N5O4S2/c1-4-9-6-27-16-12(15(25)22(16)13(9)8(3)23)20-14(24)11(21-26-5-2)10-7-28-17(18)19-10/h4,7,12,16H,1,5-6H2,2-3H3,(H2,18,19)(H,20,24)/b21-11-. The second kappa shape index (κ2) is 8.15. The first-order valence-electron chi connectivity index (χ1n) is 8.42. The molecule has 1 aromatic rings. The van der Waals surface area contributed by atoms with Gasteiger partial charge in [-0.25, -0.2) is 4.98 Å². The van der Waals surface area contributed by atoms with E-state index < -0.39 is 11.9 Å². The summed E-state index contributed by atoms with van der Waals surface area (Å²) in [4.78, 5) is 47.9. The first-order valence-corrected chi connectivity index (χ1v) is 10.3. The van der Waals surface area contributed by atoms with E-state index in [0.717, 1.165) is 0 Å². The molecule has 3 N–H and O–H groups in total. The number of nitrogens with one attached hydrogen (secondary N) is 1. The number of allylic oxidation sites excluding steroid dienone is 2. The van der Waals surface area contributed by atoms with Crippen molar-refractivity contribution in [1.82, 2.24) is 15.2 Å². The van der Waals surface area contributed by atoms with Crippen LogP contribution in [0.5, 0.6) is 0 Å². The Morgan fingerprint density at radius 2 is 2.32 bits per heavy atom. The van der Waals surface area contributed by atoms with Gasteiger partial charge in [-0.05, 0) is 12.5 Å². The third-order valence-electron chi connectivity index (χ3n) is 4.13. The second-order valence-electron chi connectivity index (χ2n) is 5.92. The predicted octanol–water partition coefficient (Wildman–Crippen LogP) is 0.895. The van der Waals surface area contributed by atoms with Crippen LogP contribution < -0.4 is 11.1 Å². The quantitative estimate of drug-likeness (QED) is 0.380. The van der Waals surface area contributed by atoms with Gasteiger partial charge in [0, 0.05) is 18.1 Å². The molecule has 0 spiro atoms. The number of hydrogen-bond acceptors (Lipinski definition) is 9. The van der Waals surface area contributed by atoms with Gasteiger partial charge in [0.15, 0.2) is 16.6 Å². The van der Waals surface area contributed by atoms with Crippen molar-refractivity contribution in [3.63, 3.8) is 0 Å². The molecule has 3 heterocycles. The number of thioether (sulfide) groups is 1. The van der Waals surface area contributed by atoms with Crippen LogP contribution in [-0.2, 0) is 19.2 Å². The molecule has 2 atom stereocenters. The number of fused-ring (bicyclic) bond motifs is 1. The molecule has 28 heavy (non-hydrogen) atoms. The van der Waals surface area contributed by atoms with Gasteiger partial charge in [0.1, 0.15) is 23.7 Å².